The molecule has 7 heteroatoms. The first-order valence-electron chi connectivity index (χ1n) is 10.5. The van der Waals surface area contributed by atoms with Crippen molar-refractivity contribution in [3.05, 3.63) is 23.8 Å². The van der Waals surface area contributed by atoms with Crippen LogP contribution in [0.15, 0.2) is 23.2 Å². The molecule has 0 aliphatic carbocycles. The Labute approximate surface area is 193 Å². The van der Waals surface area contributed by atoms with E-state index < -0.39 is 0 Å². The predicted octanol–water partition coefficient (Wildman–Crippen LogP) is 4.35. The van der Waals surface area contributed by atoms with Crippen LogP contribution in [-0.4, -0.2) is 44.5 Å². The number of rotatable bonds is 13. The number of benzene rings is 1. The lowest BCUT2D eigenvalue weighted by Gasteiger charge is -2.32. The Morgan fingerprint density at radius 2 is 1.83 bits per heavy atom. The molecule has 0 fully saturated rings. The van der Waals surface area contributed by atoms with E-state index in [0.717, 1.165) is 61.8 Å². The monoisotopic (exact) mass is 521 g/mol. The third kappa shape index (κ3) is 9.42. The molecular formula is C22H40IN3O3. The summed E-state index contributed by atoms with van der Waals surface area (Å²) in [7, 11) is 1.66. The van der Waals surface area contributed by atoms with Crippen LogP contribution in [0.25, 0.3) is 0 Å². The molecule has 0 aliphatic rings. The summed E-state index contributed by atoms with van der Waals surface area (Å²) in [6.45, 7) is 11.5. The fourth-order valence-electron chi connectivity index (χ4n) is 3.10. The molecule has 1 rings (SSSR count). The minimum Gasteiger partial charge on any atom is -0.493 e. The predicted molar refractivity (Wildman–Crippen MR) is 132 cm³/mol. The van der Waals surface area contributed by atoms with E-state index in [1.165, 1.54) is 0 Å². The van der Waals surface area contributed by atoms with Crippen molar-refractivity contribution in [2.75, 3.05) is 33.4 Å². The standard InChI is InChI=1S/C22H39N3O3.HI/c1-6-14-28-19-11-10-18(15-20(19)27-5)16-24-21(23-9-4)25-17-22(7-2,8-3)12-13-26;/h10-11,15,26H,6-9,12-14,16-17H2,1-5H3,(H2,23,24,25);1H. The van der Waals surface area contributed by atoms with Gasteiger partial charge in [0, 0.05) is 19.7 Å². The van der Waals surface area contributed by atoms with E-state index in [9.17, 15) is 5.11 Å². The lowest BCUT2D eigenvalue weighted by Crippen LogP contribution is -2.43. The van der Waals surface area contributed by atoms with Crippen molar-refractivity contribution in [1.82, 2.24) is 10.6 Å². The molecule has 0 unspecified atom stereocenters. The number of nitrogens with one attached hydrogen (secondary N) is 2. The number of guanidine groups is 1. The van der Waals surface area contributed by atoms with Crippen LogP contribution in [0.1, 0.15) is 58.9 Å². The van der Waals surface area contributed by atoms with Crippen LogP contribution < -0.4 is 20.1 Å². The van der Waals surface area contributed by atoms with Crippen molar-refractivity contribution < 1.29 is 14.6 Å². The molecule has 0 amide bonds. The number of ether oxygens (including phenoxy) is 2. The van der Waals surface area contributed by atoms with E-state index in [1.54, 1.807) is 7.11 Å². The Morgan fingerprint density at radius 3 is 2.38 bits per heavy atom. The highest BCUT2D eigenvalue weighted by Gasteiger charge is 2.25. The van der Waals surface area contributed by atoms with Gasteiger partial charge in [0.1, 0.15) is 0 Å². The zero-order valence-electron chi connectivity index (χ0n) is 18.7. The summed E-state index contributed by atoms with van der Waals surface area (Å²) < 4.78 is 11.2. The van der Waals surface area contributed by atoms with Crippen LogP contribution >= 0.6 is 24.0 Å². The van der Waals surface area contributed by atoms with Crippen molar-refractivity contribution in [3.8, 4) is 11.5 Å². The SMILES string of the molecule is CCCOc1ccc(CN=C(NCC)NCC(CC)(CC)CCO)cc1OC.I. The van der Waals surface area contributed by atoms with Gasteiger partial charge in [0.15, 0.2) is 17.5 Å². The van der Waals surface area contributed by atoms with Crippen LogP contribution in [0.5, 0.6) is 11.5 Å². The molecule has 0 atom stereocenters. The van der Waals surface area contributed by atoms with Gasteiger partial charge < -0.3 is 25.2 Å². The van der Waals surface area contributed by atoms with Gasteiger partial charge in [0.2, 0.25) is 0 Å². The zero-order valence-corrected chi connectivity index (χ0v) is 21.0. The van der Waals surface area contributed by atoms with Crippen molar-refractivity contribution >= 4 is 29.9 Å². The number of nitrogens with zero attached hydrogens (tertiary/aromatic N) is 1. The van der Waals surface area contributed by atoms with Gasteiger partial charge in [-0.25, -0.2) is 4.99 Å². The highest BCUT2D eigenvalue weighted by atomic mass is 127. The second-order valence-corrected chi connectivity index (χ2v) is 7.06. The molecule has 0 saturated heterocycles. The molecule has 0 bridgehead atoms. The average molecular weight is 521 g/mol. The van der Waals surface area contributed by atoms with Crippen molar-refractivity contribution in [3.63, 3.8) is 0 Å². The van der Waals surface area contributed by atoms with Gasteiger partial charge in [-0.2, -0.15) is 0 Å². The molecule has 29 heavy (non-hydrogen) atoms. The van der Waals surface area contributed by atoms with Gasteiger partial charge in [0.05, 0.1) is 20.3 Å². The third-order valence-corrected chi connectivity index (χ3v) is 5.23. The molecular weight excluding hydrogens is 481 g/mol. The molecule has 1 aromatic rings. The first kappa shape index (κ1) is 27.8. The summed E-state index contributed by atoms with van der Waals surface area (Å²) in [5.41, 5.74) is 1.15. The number of halogens is 1. The van der Waals surface area contributed by atoms with E-state index in [0.29, 0.717) is 13.2 Å². The summed E-state index contributed by atoms with van der Waals surface area (Å²) in [6, 6.07) is 5.95. The minimum atomic E-state index is 0. The topological polar surface area (TPSA) is 75.1 Å². The number of hydrogen-bond donors (Lipinski definition) is 3. The molecule has 0 heterocycles. The van der Waals surface area contributed by atoms with Crippen molar-refractivity contribution in [2.45, 2.75) is 59.9 Å². The Hall–Kier alpha value is -1.22. The van der Waals surface area contributed by atoms with Crippen LogP contribution in [-0.2, 0) is 6.54 Å². The maximum Gasteiger partial charge on any atom is 0.191 e. The smallest absolute Gasteiger partial charge is 0.191 e. The second kappa shape index (κ2) is 15.6. The molecule has 3 N–H and O–H groups in total. The molecule has 0 radical (unpaired) electrons. The molecule has 0 spiro atoms. The highest BCUT2D eigenvalue weighted by molar-refractivity contribution is 14.0. The van der Waals surface area contributed by atoms with Crippen LogP contribution in [0.2, 0.25) is 0 Å². The summed E-state index contributed by atoms with van der Waals surface area (Å²) >= 11 is 0. The summed E-state index contributed by atoms with van der Waals surface area (Å²) in [5, 5.41) is 16.2. The number of aliphatic hydroxyl groups excluding tert-OH is 1. The van der Waals surface area contributed by atoms with Gasteiger partial charge in [0.25, 0.3) is 0 Å². The third-order valence-electron chi connectivity index (χ3n) is 5.23. The Bertz CT molecular complexity index is 593. The molecule has 0 aromatic heterocycles. The average Bonchev–Trinajstić information content (AvgIpc) is 2.73. The molecule has 0 saturated carbocycles. The lowest BCUT2D eigenvalue weighted by molar-refractivity contribution is 0.169. The van der Waals surface area contributed by atoms with E-state index in [-0.39, 0.29) is 36.0 Å². The fourth-order valence-corrected chi connectivity index (χ4v) is 3.10. The number of methoxy groups -OCH3 is 1. The number of hydrogen-bond acceptors (Lipinski definition) is 4. The van der Waals surface area contributed by atoms with Gasteiger partial charge in [-0.1, -0.05) is 26.8 Å². The van der Waals surface area contributed by atoms with Gasteiger partial charge in [-0.3, -0.25) is 0 Å². The Kier molecular flexibility index (Phi) is 14.9. The molecule has 6 nitrogen and oxygen atoms in total. The van der Waals surface area contributed by atoms with Crippen molar-refractivity contribution in [2.24, 2.45) is 10.4 Å². The minimum absolute atomic E-state index is 0. The van der Waals surface area contributed by atoms with E-state index in [1.807, 2.05) is 18.2 Å². The maximum atomic E-state index is 9.41. The maximum absolute atomic E-state index is 9.41. The summed E-state index contributed by atoms with van der Waals surface area (Å²) in [5.74, 6) is 2.29. The normalized spacial score (nSPS) is 11.6. The lowest BCUT2D eigenvalue weighted by atomic mass is 9.79. The quantitative estimate of drug-likeness (QED) is 0.205. The van der Waals surface area contributed by atoms with Crippen molar-refractivity contribution in [1.29, 1.82) is 0 Å². The second-order valence-electron chi connectivity index (χ2n) is 7.06. The largest absolute Gasteiger partial charge is 0.493 e. The Balaban J connectivity index is 0.00000784. The van der Waals surface area contributed by atoms with E-state index >= 15 is 0 Å². The number of aliphatic hydroxyl groups is 1. The summed E-state index contributed by atoms with van der Waals surface area (Å²) in [6.07, 6.45) is 3.79. The van der Waals surface area contributed by atoms with Gasteiger partial charge >= 0.3 is 0 Å². The van der Waals surface area contributed by atoms with Crippen LogP contribution in [0.4, 0.5) is 0 Å². The Morgan fingerprint density at radius 1 is 1.10 bits per heavy atom. The fraction of sp³-hybridized carbons (Fsp3) is 0.682. The van der Waals surface area contributed by atoms with Crippen LogP contribution in [0, 0.1) is 5.41 Å². The highest BCUT2D eigenvalue weighted by Crippen LogP contribution is 2.30. The number of aliphatic imine (C=N–C) groups is 1. The molecule has 1 aromatic carbocycles. The molecule has 0 aliphatic heterocycles. The van der Waals surface area contributed by atoms with Gasteiger partial charge in [-0.15, -0.1) is 24.0 Å². The first-order chi connectivity index (χ1) is 13.6. The zero-order chi connectivity index (χ0) is 20.8. The summed E-state index contributed by atoms with van der Waals surface area (Å²) in [4.78, 5) is 4.72. The van der Waals surface area contributed by atoms with E-state index in [2.05, 4.69) is 38.3 Å². The van der Waals surface area contributed by atoms with Crippen LogP contribution in [0.3, 0.4) is 0 Å². The van der Waals surface area contributed by atoms with E-state index in [4.69, 9.17) is 14.5 Å². The first-order valence-corrected chi connectivity index (χ1v) is 10.5. The molecule has 168 valence electrons. The van der Waals surface area contributed by atoms with Gasteiger partial charge in [-0.05, 0) is 55.7 Å².